The quantitative estimate of drug-likeness (QED) is 0.338. The van der Waals surface area contributed by atoms with Crippen molar-refractivity contribution in [2.75, 3.05) is 66.7 Å². The molecule has 0 heterocycles. The molecule has 0 saturated carbocycles. The highest BCUT2D eigenvalue weighted by Gasteiger charge is 2.12. The molecular formula is C28H44N2O4. The van der Waals surface area contributed by atoms with E-state index in [9.17, 15) is 0 Å². The molecular weight excluding hydrogens is 428 g/mol. The average Bonchev–Trinajstić information content (AvgIpc) is 2.84. The van der Waals surface area contributed by atoms with Crippen molar-refractivity contribution in [3.63, 3.8) is 0 Å². The Labute approximate surface area is 206 Å². The van der Waals surface area contributed by atoms with Gasteiger partial charge < -0.3 is 29.5 Å². The van der Waals surface area contributed by atoms with Gasteiger partial charge in [-0.05, 0) is 88.0 Å². The number of hydrogen-bond donors (Lipinski definition) is 2. The fraction of sp³-hybridized carbons (Fsp3) is 0.571. The predicted octanol–water partition coefficient (Wildman–Crippen LogP) is 4.14. The number of rotatable bonds is 17. The van der Waals surface area contributed by atoms with Crippen molar-refractivity contribution in [2.24, 2.45) is 0 Å². The second-order valence-electron chi connectivity index (χ2n) is 9.02. The summed E-state index contributed by atoms with van der Waals surface area (Å²) in [6, 6.07) is 12.5. The van der Waals surface area contributed by atoms with E-state index in [1.54, 1.807) is 0 Å². The van der Waals surface area contributed by atoms with Gasteiger partial charge in [0.05, 0.1) is 13.2 Å². The van der Waals surface area contributed by atoms with Gasteiger partial charge in [0.25, 0.3) is 0 Å². The van der Waals surface area contributed by atoms with E-state index in [1.165, 1.54) is 11.1 Å². The van der Waals surface area contributed by atoms with E-state index < -0.39 is 0 Å². The van der Waals surface area contributed by atoms with Crippen LogP contribution in [-0.2, 0) is 0 Å². The highest BCUT2D eigenvalue weighted by atomic mass is 16.5. The molecule has 0 atom stereocenters. The van der Waals surface area contributed by atoms with Crippen molar-refractivity contribution in [3.05, 3.63) is 47.5 Å². The van der Waals surface area contributed by atoms with Crippen molar-refractivity contribution in [2.45, 2.75) is 39.5 Å². The minimum absolute atomic E-state index is 0.237. The Morgan fingerprint density at radius 1 is 0.618 bits per heavy atom. The predicted molar refractivity (Wildman–Crippen MR) is 140 cm³/mol. The third kappa shape index (κ3) is 9.26. The van der Waals surface area contributed by atoms with Crippen LogP contribution >= 0.6 is 0 Å². The summed E-state index contributed by atoms with van der Waals surface area (Å²) in [6.45, 7) is 9.77. The molecule has 2 N–H and O–H groups in total. The molecule has 2 rings (SSSR count). The van der Waals surface area contributed by atoms with Gasteiger partial charge in [-0.3, -0.25) is 0 Å². The molecule has 0 spiro atoms. The molecule has 0 aromatic heterocycles. The van der Waals surface area contributed by atoms with E-state index in [1.807, 2.05) is 12.1 Å². The van der Waals surface area contributed by atoms with E-state index in [0.717, 1.165) is 74.5 Å². The highest BCUT2D eigenvalue weighted by molar-refractivity contribution is 5.74. The summed E-state index contributed by atoms with van der Waals surface area (Å²) in [6.07, 6.45) is 3.51. The maximum atomic E-state index is 8.95. The summed E-state index contributed by atoms with van der Waals surface area (Å²) in [5.74, 6) is 1.85. The van der Waals surface area contributed by atoms with Crippen LogP contribution in [0.1, 0.15) is 36.8 Å². The second kappa shape index (κ2) is 15.7. The molecule has 0 aliphatic carbocycles. The summed E-state index contributed by atoms with van der Waals surface area (Å²) in [5.41, 5.74) is 4.62. The molecule has 2 aromatic rings. The Kier molecular flexibility index (Phi) is 13.0. The molecule has 0 saturated heterocycles. The zero-order valence-corrected chi connectivity index (χ0v) is 21.6. The second-order valence-corrected chi connectivity index (χ2v) is 9.02. The molecule has 0 aliphatic heterocycles. The third-order valence-corrected chi connectivity index (χ3v) is 6.14. The van der Waals surface area contributed by atoms with Gasteiger partial charge in [-0.2, -0.15) is 0 Å². The summed E-state index contributed by atoms with van der Waals surface area (Å²) in [4.78, 5) is 4.45. The maximum absolute atomic E-state index is 8.95. The molecule has 0 amide bonds. The zero-order chi connectivity index (χ0) is 24.8. The minimum atomic E-state index is 0.237. The molecule has 0 fully saturated rings. The van der Waals surface area contributed by atoms with Crippen molar-refractivity contribution < 1.29 is 19.7 Å². The number of aliphatic hydroxyl groups is 2. The number of aliphatic hydroxyl groups excluding tert-OH is 2. The van der Waals surface area contributed by atoms with Crippen molar-refractivity contribution >= 4 is 0 Å². The number of ether oxygens (including phenoxy) is 2. The van der Waals surface area contributed by atoms with Gasteiger partial charge in [0, 0.05) is 39.4 Å². The van der Waals surface area contributed by atoms with E-state index in [2.05, 4.69) is 62.0 Å². The van der Waals surface area contributed by atoms with Crippen LogP contribution < -0.4 is 9.47 Å². The first-order chi connectivity index (χ1) is 16.5. The van der Waals surface area contributed by atoms with E-state index in [4.69, 9.17) is 19.7 Å². The largest absolute Gasteiger partial charge is 0.493 e. The van der Waals surface area contributed by atoms with Crippen molar-refractivity contribution in [1.29, 1.82) is 0 Å². The summed E-state index contributed by atoms with van der Waals surface area (Å²) < 4.78 is 12.3. The van der Waals surface area contributed by atoms with Crippen molar-refractivity contribution in [1.82, 2.24) is 9.80 Å². The van der Waals surface area contributed by atoms with Gasteiger partial charge in [0.2, 0.25) is 0 Å². The summed E-state index contributed by atoms with van der Waals surface area (Å²) >= 11 is 0. The van der Waals surface area contributed by atoms with Gasteiger partial charge in [-0.25, -0.2) is 0 Å². The number of benzene rings is 2. The highest BCUT2D eigenvalue weighted by Crippen LogP contribution is 2.35. The standard InChI is InChI=1S/C28H44N2O4/c1-23-25(11-5-13-27(23)33-21-9-17-29(3)15-7-19-31)26-12-6-14-28(24(26)2)34-22-10-18-30(4)16-8-20-32/h5-6,11-14,31-32H,7-10,15-22H2,1-4H3. The lowest BCUT2D eigenvalue weighted by atomic mass is 9.95. The molecule has 0 bridgehead atoms. The lowest BCUT2D eigenvalue weighted by Crippen LogP contribution is -2.23. The Morgan fingerprint density at radius 2 is 1.00 bits per heavy atom. The topological polar surface area (TPSA) is 65.4 Å². The molecule has 2 aromatic carbocycles. The molecule has 6 heteroatoms. The van der Waals surface area contributed by atoms with Gasteiger partial charge in [0.1, 0.15) is 11.5 Å². The molecule has 0 radical (unpaired) electrons. The van der Waals surface area contributed by atoms with Crippen LogP contribution in [0.15, 0.2) is 36.4 Å². The molecule has 0 unspecified atom stereocenters. The van der Waals surface area contributed by atoms with Crippen LogP contribution in [0.25, 0.3) is 11.1 Å². The summed E-state index contributed by atoms with van der Waals surface area (Å²) in [7, 11) is 4.16. The first kappa shape index (κ1) is 28.1. The fourth-order valence-corrected chi connectivity index (χ4v) is 4.06. The van der Waals surface area contributed by atoms with Gasteiger partial charge in [-0.15, -0.1) is 0 Å². The SMILES string of the molecule is Cc1c(OCCCN(C)CCCO)cccc1-c1cccc(OCCCN(C)CCCO)c1C. The van der Waals surface area contributed by atoms with E-state index >= 15 is 0 Å². The Balaban J connectivity index is 1.95. The van der Waals surface area contributed by atoms with Crippen LogP contribution in [0.3, 0.4) is 0 Å². The summed E-state index contributed by atoms with van der Waals surface area (Å²) in [5, 5.41) is 17.9. The smallest absolute Gasteiger partial charge is 0.122 e. The monoisotopic (exact) mass is 472 g/mol. The first-order valence-electron chi connectivity index (χ1n) is 12.5. The van der Waals surface area contributed by atoms with Crippen LogP contribution in [0.5, 0.6) is 11.5 Å². The lowest BCUT2D eigenvalue weighted by Gasteiger charge is -2.19. The van der Waals surface area contributed by atoms with Crippen LogP contribution in [-0.4, -0.2) is 86.7 Å². The number of hydrogen-bond acceptors (Lipinski definition) is 6. The van der Waals surface area contributed by atoms with Gasteiger partial charge in [-0.1, -0.05) is 24.3 Å². The number of nitrogens with zero attached hydrogens (tertiary/aromatic N) is 2. The third-order valence-electron chi connectivity index (χ3n) is 6.14. The maximum Gasteiger partial charge on any atom is 0.122 e. The normalized spacial score (nSPS) is 11.4. The minimum Gasteiger partial charge on any atom is -0.493 e. The molecule has 6 nitrogen and oxygen atoms in total. The van der Waals surface area contributed by atoms with E-state index in [-0.39, 0.29) is 13.2 Å². The first-order valence-corrected chi connectivity index (χ1v) is 12.5. The molecule has 190 valence electrons. The molecule has 0 aliphatic rings. The van der Waals surface area contributed by atoms with Crippen LogP contribution in [0.2, 0.25) is 0 Å². The van der Waals surface area contributed by atoms with Gasteiger partial charge >= 0.3 is 0 Å². The van der Waals surface area contributed by atoms with E-state index in [0.29, 0.717) is 13.2 Å². The van der Waals surface area contributed by atoms with Crippen molar-refractivity contribution in [3.8, 4) is 22.6 Å². The average molecular weight is 473 g/mol. The van der Waals surface area contributed by atoms with Gasteiger partial charge in [0.15, 0.2) is 0 Å². The Bertz CT molecular complexity index is 774. The zero-order valence-electron chi connectivity index (χ0n) is 21.6. The Morgan fingerprint density at radius 3 is 1.38 bits per heavy atom. The van der Waals surface area contributed by atoms with Crippen LogP contribution in [0.4, 0.5) is 0 Å². The lowest BCUT2D eigenvalue weighted by molar-refractivity contribution is 0.230. The van der Waals surface area contributed by atoms with Crippen LogP contribution in [0, 0.1) is 13.8 Å². The Hall–Kier alpha value is -2.12. The fourth-order valence-electron chi connectivity index (χ4n) is 4.06. The molecule has 34 heavy (non-hydrogen) atoms.